The molecule has 0 radical (unpaired) electrons. The van der Waals surface area contributed by atoms with Crippen molar-refractivity contribution in [1.82, 2.24) is 19.5 Å². The van der Waals surface area contributed by atoms with Crippen LogP contribution < -0.4 is 5.73 Å². The van der Waals surface area contributed by atoms with Gasteiger partial charge < -0.3 is 20.7 Å². The molecule has 2 aromatic heterocycles. The van der Waals surface area contributed by atoms with Crippen molar-refractivity contribution in [2.75, 3.05) is 17.2 Å². The Balaban J connectivity index is 1.41. The maximum Gasteiger partial charge on any atom is 0.167 e. The number of anilines is 1. The largest absolute Gasteiger partial charge is 0.387 e. The topological polar surface area (TPSA) is 119 Å². The molecule has 0 unspecified atom stereocenters. The molecule has 8 nitrogen and oxygen atoms in total. The van der Waals surface area contributed by atoms with Crippen LogP contribution in [0.3, 0.4) is 0 Å². The number of fused-ring (bicyclic) bond motifs is 1. The number of aliphatic hydroxyl groups is 2. The zero-order valence-corrected chi connectivity index (χ0v) is 17.9. The van der Waals surface area contributed by atoms with Crippen LogP contribution in [0.2, 0.25) is 0 Å². The Morgan fingerprint density at radius 1 is 1.03 bits per heavy atom. The first kappa shape index (κ1) is 22.3. The summed E-state index contributed by atoms with van der Waals surface area (Å²) in [5, 5.41) is 20.9. The molecule has 0 spiro atoms. The summed E-state index contributed by atoms with van der Waals surface area (Å²) in [6.07, 6.45) is 10.1. The number of imidazole rings is 1. The lowest BCUT2D eigenvalue weighted by molar-refractivity contribution is -0.0289. The maximum absolute atomic E-state index is 10.5. The monoisotopic (exact) mass is 423 g/mol. The van der Waals surface area contributed by atoms with Crippen molar-refractivity contribution in [1.29, 1.82) is 0 Å². The summed E-state index contributed by atoms with van der Waals surface area (Å²) in [5.41, 5.74) is 6.77. The smallest absolute Gasteiger partial charge is 0.167 e. The third-order valence-corrected chi connectivity index (χ3v) is 6.56. The van der Waals surface area contributed by atoms with Crippen molar-refractivity contribution in [3.05, 3.63) is 12.7 Å². The fraction of sp³-hybridized carbons (Fsp3) is 0.750. The number of aliphatic hydroxyl groups excluding tert-OH is 2. The first-order chi connectivity index (χ1) is 14.1. The van der Waals surface area contributed by atoms with E-state index in [0.717, 1.165) is 5.75 Å². The van der Waals surface area contributed by atoms with Crippen LogP contribution in [0.4, 0.5) is 5.82 Å². The van der Waals surface area contributed by atoms with Crippen molar-refractivity contribution >= 4 is 28.7 Å². The summed E-state index contributed by atoms with van der Waals surface area (Å²) >= 11 is 1.77. The van der Waals surface area contributed by atoms with Gasteiger partial charge in [-0.15, -0.1) is 0 Å². The van der Waals surface area contributed by atoms with Crippen LogP contribution in [0.25, 0.3) is 11.2 Å². The molecule has 1 fully saturated rings. The van der Waals surface area contributed by atoms with Gasteiger partial charge in [-0.2, -0.15) is 11.8 Å². The van der Waals surface area contributed by atoms with Gasteiger partial charge in [-0.3, -0.25) is 4.57 Å². The zero-order chi connectivity index (χ0) is 20.6. The summed E-state index contributed by atoms with van der Waals surface area (Å²) in [7, 11) is 0. The summed E-state index contributed by atoms with van der Waals surface area (Å²) < 4.78 is 7.58. The first-order valence-corrected chi connectivity index (χ1v) is 11.8. The molecule has 162 valence electrons. The minimum absolute atomic E-state index is 0.277. The number of thioether (sulfide) groups is 1. The van der Waals surface area contributed by atoms with E-state index in [1.165, 1.54) is 64.0 Å². The SMILES string of the molecule is CCCCCCCCCCSC[C@H]1O[C@@H](n2cnc3c(N)ncnc32)[C@H](O)[C@@H]1O. The quantitative estimate of drug-likeness (QED) is 0.446. The lowest BCUT2D eigenvalue weighted by Gasteiger charge is -2.16. The van der Waals surface area contributed by atoms with Crippen molar-refractivity contribution in [2.45, 2.75) is 82.8 Å². The number of ether oxygens (including phenoxy) is 1. The molecule has 2 aromatic rings. The van der Waals surface area contributed by atoms with E-state index in [2.05, 4.69) is 21.9 Å². The minimum Gasteiger partial charge on any atom is -0.387 e. The van der Waals surface area contributed by atoms with E-state index in [9.17, 15) is 10.2 Å². The Labute approximate surface area is 176 Å². The molecule has 3 rings (SSSR count). The van der Waals surface area contributed by atoms with E-state index in [1.807, 2.05) is 0 Å². The van der Waals surface area contributed by atoms with Gasteiger partial charge in [0.15, 0.2) is 17.7 Å². The van der Waals surface area contributed by atoms with Crippen molar-refractivity contribution in [2.24, 2.45) is 0 Å². The number of unbranched alkanes of at least 4 members (excludes halogenated alkanes) is 7. The molecule has 0 saturated carbocycles. The summed E-state index contributed by atoms with van der Waals surface area (Å²) in [6.45, 7) is 2.24. The van der Waals surface area contributed by atoms with E-state index in [0.29, 0.717) is 16.9 Å². The molecule has 0 aromatic carbocycles. The summed E-state index contributed by atoms with van der Waals surface area (Å²) in [6, 6.07) is 0. The number of nitrogen functional groups attached to an aromatic ring is 1. The van der Waals surface area contributed by atoms with E-state index < -0.39 is 24.5 Å². The van der Waals surface area contributed by atoms with Gasteiger partial charge in [0.2, 0.25) is 0 Å². The van der Waals surface area contributed by atoms with Crippen LogP contribution in [-0.4, -0.2) is 59.5 Å². The minimum atomic E-state index is -1.04. The lowest BCUT2D eigenvalue weighted by atomic mass is 10.1. The van der Waals surface area contributed by atoms with Crippen molar-refractivity contribution < 1.29 is 14.9 Å². The Kier molecular flexibility index (Phi) is 8.53. The van der Waals surface area contributed by atoms with Gasteiger partial charge in [-0.25, -0.2) is 15.0 Å². The van der Waals surface area contributed by atoms with Gasteiger partial charge in [0.05, 0.1) is 12.4 Å². The molecule has 1 aliphatic rings. The molecule has 0 aliphatic carbocycles. The highest BCUT2D eigenvalue weighted by atomic mass is 32.2. The van der Waals surface area contributed by atoms with Gasteiger partial charge in [0, 0.05) is 5.75 Å². The third kappa shape index (κ3) is 5.59. The van der Waals surface area contributed by atoms with E-state index >= 15 is 0 Å². The number of hydrogen-bond donors (Lipinski definition) is 3. The molecular weight excluding hydrogens is 390 g/mol. The number of nitrogens with two attached hydrogens (primary N) is 1. The first-order valence-electron chi connectivity index (χ1n) is 10.7. The zero-order valence-electron chi connectivity index (χ0n) is 17.1. The fourth-order valence-electron chi connectivity index (χ4n) is 3.69. The number of nitrogens with zero attached hydrogens (tertiary/aromatic N) is 4. The molecule has 9 heteroatoms. The predicted octanol–water partition coefficient (Wildman–Crippen LogP) is 2.90. The van der Waals surface area contributed by atoms with Crippen LogP contribution in [0.5, 0.6) is 0 Å². The standard InChI is InChI=1S/C20H33N5O3S/c1-2-3-4-5-6-7-8-9-10-29-11-14-16(26)17(27)20(28-14)25-13-24-15-18(21)22-12-23-19(15)25/h12-14,16-17,20,26-27H,2-11H2,1H3,(H2,21,22,23)/t14-,16-,17-,20-/m1/s1. The Hall–Kier alpha value is -1.42. The van der Waals surface area contributed by atoms with Gasteiger partial charge in [0.1, 0.15) is 24.1 Å². The molecular formula is C20H33N5O3S. The highest BCUT2D eigenvalue weighted by Gasteiger charge is 2.44. The number of aromatic nitrogens is 4. The van der Waals surface area contributed by atoms with Crippen molar-refractivity contribution in [3.63, 3.8) is 0 Å². The normalized spacial score (nSPS) is 24.5. The number of rotatable bonds is 12. The number of hydrogen-bond acceptors (Lipinski definition) is 8. The molecule has 3 heterocycles. The molecule has 1 aliphatic heterocycles. The molecule has 29 heavy (non-hydrogen) atoms. The van der Waals surface area contributed by atoms with Gasteiger partial charge in [-0.1, -0.05) is 51.9 Å². The molecule has 1 saturated heterocycles. The Morgan fingerprint density at radius 3 is 2.52 bits per heavy atom. The van der Waals surface area contributed by atoms with Crippen molar-refractivity contribution in [3.8, 4) is 0 Å². The highest BCUT2D eigenvalue weighted by molar-refractivity contribution is 7.99. The highest BCUT2D eigenvalue weighted by Crippen LogP contribution is 2.33. The fourth-order valence-corrected chi connectivity index (χ4v) is 4.77. The van der Waals surface area contributed by atoms with Crippen LogP contribution in [0, 0.1) is 0 Å². The van der Waals surface area contributed by atoms with E-state index in [4.69, 9.17) is 10.5 Å². The lowest BCUT2D eigenvalue weighted by Crippen LogP contribution is -2.32. The average molecular weight is 424 g/mol. The van der Waals surface area contributed by atoms with E-state index in [1.54, 1.807) is 16.3 Å². The Morgan fingerprint density at radius 2 is 1.76 bits per heavy atom. The van der Waals surface area contributed by atoms with Crippen LogP contribution in [-0.2, 0) is 4.74 Å². The second-order valence-electron chi connectivity index (χ2n) is 7.68. The third-order valence-electron chi connectivity index (χ3n) is 5.42. The van der Waals surface area contributed by atoms with Gasteiger partial charge in [0.25, 0.3) is 0 Å². The maximum atomic E-state index is 10.5. The molecule has 0 bridgehead atoms. The van der Waals surface area contributed by atoms with Crippen LogP contribution in [0.15, 0.2) is 12.7 Å². The van der Waals surface area contributed by atoms with Crippen LogP contribution >= 0.6 is 11.8 Å². The van der Waals surface area contributed by atoms with Gasteiger partial charge >= 0.3 is 0 Å². The molecule has 4 atom stereocenters. The second-order valence-corrected chi connectivity index (χ2v) is 8.83. The average Bonchev–Trinajstić information content (AvgIpc) is 3.26. The molecule has 4 N–H and O–H groups in total. The van der Waals surface area contributed by atoms with E-state index in [-0.39, 0.29) is 5.82 Å². The molecule has 0 amide bonds. The summed E-state index contributed by atoms with van der Waals surface area (Å²) in [5.74, 6) is 1.97. The summed E-state index contributed by atoms with van der Waals surface area (Å²) in [4.78, 5) is 12.3. The second kappa shape index (κ2) is 11.1. The van der Waals surface area contributed by atoms with Gasteiger partial charge in [-0.05, 0) is 12.2 Å². The predicted molar refractivity (Wildman–Crippen MR) is 116 cm³/mol. The van der Waals surface area contributed by atoms with Crippen LogP contribution in [0.1, 0.15) is 64.5 Å². The Bertz CT molecular complexity index is 759.